The molecule has 4 heteroatoms. The SMILES string of the molecule is CCCc1ccccc1F.NC(=O)O. The van der Waals surface area contributed by atoms with E-state index >= 15 is 0 Å². The summed E-state index contributed by atoms with van der Waals surface area (Å²) in [5, 5.41) is 7.19. The van der Waals surface area contributed by atoms with Crippen LogP contribution < -0.4 is 5.73 Å². The first-order chi connectivity index (χ1) is 6.57. The molecule has 0 aromatic heterocycles. The largest absolute Gasteiger partial charge is 0.465 e. The van der Waals surface area contributed by atoms with E-state index in [0.717, 1.165) is 18.4 Å². The molecular formula is C10H14FNO2. The predicted molar refractivity (Wildman–Crippen MR) is 52.6 cm³/mol. The van der Waals surface area contributed by atoms with Crippen LogP contribution in [0.25, 0.3) is 0 Å². The molecule has 14 heavy (non-hydrogen) atoms. The van der Waals surface area contributed by atoms with Crippen LogP contribution in [0.1, 0.15) is 18.9 Å². The third kappa shape index (κ3) is 5.99. The molecule has 0 saturated heterocycles. The zero-order valence-corrected chi connectivity index (χ0v) is 8.03. The van der Waals surface area contributed by atoms with Crippen LogP contribution in [0.3, 0.4) is 0 Å². The number of amides is 1. The lowest BCUT2D eigenvalue weighted by molar-refractivity contribution is 0.205. The number of halogens is 1. The molecule has 3 N–H and O–H groups in total. The van der Waals surface area contributed by atoms with Gasteiger partial charge in [-0.2, -0.15) is 0 Å². The van der Waals surface area contributed by atoms with Gasteiger partial charge in [-0.15, -0.1) is 0 Å². The molecule has 0 fully saturated rings. The van der Waals surface area contributed by atoms with Crippen LogP contribution in [-0.4, -0.2) is 11.2 Å². The normalized spacial score (nSPS) is 8.71. The fourth-order valence-corrected chi connectivity index (χ4v) is 0.970. The van der Waals surface area contributed by atoms with E-state index < -0.39 is 6.09 Å². The molecule has 1 amide bonds. The number of carboxylic acid groups (broad SMARTS) is 1. The Hall–Kier alpha value is -1.58. The second-order valence-corrected chi connectivity index (χ2v) is 2.68. The fraction of sp³-hybridized carbons (Fsp3) is 0.300. The molecule has 0 aliphatic heterocycles. The number of carbonyl (C=O) groups is 1. The third-order valence-electron chi connectivity index (χ3n) is 1.48. The minimum absolute atomic E-state index is 0.0793. The average molecular weight is 199 g/mol. The van der Waals surface area contributed by atoms with E-state index in [1.807, 2.05) is 19.1 Å². The van der Waals surface area contributed by atoms with Gasteiger partial charge in [-0.3, -0.25) is 0 Å². The molecule has 0 saturated carbocycles. The number of nitrogens with two attached hydrogens (primary N) is 1. The zero-order chi connectivity index (χ0) is 11.0. The van der Waals surface area contributed by atoms with Crippen molar-refractivity contribution in [1.82, 2.24) is 0 Å². The summed E-state index contributed by atoms with van der Waals surface area (Å²) in [5.74, 6) is -0.0793. The Kier molecular flexibility index (Phi) is 6.11. The van der Waals surface area contributed by atoms with Gasteiger partial charge in [-0.1, -0.05) is 31.5 Å². The molecule has 0 spiro atoms. The Morgan fingerprint density at radius 2 is 2.00 bits per heavy atom. The van der Waals surface area contributed by atoms with Gasteiger partial charge in [-0.05, 0) is 18.1 Å². The van der Waals surface area contributed by atoms with Crippen molar-refractivity contribution in [2.75, 3.05) is 0 Å². The summed E-state index contributed by atoms with van der Waals surface area (Å²) in [6, 6.07) is 6.92. The van der Waals surface area contributed by atoms with Crippen LogP contribution >= 0.6 is 0 Å². The van der Waals surface area contributed by atoms with Gasteiger partial charge in [0, 0.05) is 0 Å². The number of rotatable bonds is 2. The van der Waals surface area contributed by atoms with Gasteiger partial charge in [0.15, 0.2) is 0 Å². The first-order valence-electron chi connectivity index (χ1n) is 4.29. The fourth-order valence-electron chi connectivity index (χ4n) is 0.970. The molecule has 3 nitrogen and oxygen atoms in total. The van der Waals surface area contributed by atoms with Crippen LogP contribution in [0.5, 0.6) is 0 Å². The minimum atomic E-state index is -1.33. The lowest BCUT2D eigenvalue weighted by Gasteiger charge is -1.97. The molecule has 1 aromatic carbocycles. The Morgan fingerprint density at radius 1 is 1.50 bits per heavy atom. The van der Waals surface area contributed by atoms with Gasteiger partial charge in [0.2, 0.25) is 0 Å². The van der Waals surface area contributed by atoms with Crippen molar-refractivity contribution in [2.24, 2.45) is 5.73 Å². The van der Waals surface area contributed by atoms with Crippen molar-refractivity contribution in [3.63, 3.8) is 0 Å². The summed E-state index contributed by atoms with van der Waals surface area (Å²) in [7, 11) is 0. The van der Waals surface area contributed by atoms with E-state index in [0.29, 0.717) is 0 Å². The van der Waals surface area contributed by atoms with Crippen LogP contribution in [0.4, 0.5) is 9.18 Å². The maximum atomic E-state index is 12.8. The molecule has 0 bridgehead atoms. The molecule has 0 atom stereocenters. The number of benzene rings is 1. The van der Waals surface area contributed by atoms with Gasteiger partial charge in [0.1, 0.15) is 5.82 Å². The highest BCUT2D eigenvalue weighted by Crippen LogP contribution is 2.07. The highest BCUT2D eigenvalue weighted by Gasteiger charge is 1.96. The van der Waals surface area contributed by atoms with Crippen molar-refractivity contribution in [3.8, 4) is 0 Å². The summed E-state index contributed by atoms with van der Waals surface area (Å²) in [6.07, 6.45) is 0.508. The third-order valence-corrected chi connectivity index (χ3v) is 1.48. The second kappa shape index (κ2) is 6.88. The minimum Gasteiger partial charge on any atom is -0.465 e. The van der Waals surface area contributed by atoms with E-state index in [1.54, 1.807) is 6.07 Å². The van der Waals surface area contributed by atoms with Crippen molar-refractivity contribution in [1.29, 1.82) is 0 Å². The van der Waals surface area contributed by atoms with Gasteiger partial charge in [0.25, 0.3) is 0 Å². The van der Waals surface area contributed by atoms with Crippen molar-refractivity contribution < 1.29 is 14.3 Å². The van der Waals surface area contributed by atoms with Crippen molar-refractivity contribution >= 4 is 6.09 Å². The standard InChI is InChI=1S/C9H11F.CH3NO2/c1-2-5-8-6-3-4-7-9(8)10;2-1(3)4/h3-4,6-7H,2,5H2,1H3;2H2,(H,3,4). The van der Waals surface area contributed by atoms with Crippen LogP contribution in [0.2, 0.25) is 0 Å². The molecule has 0 heterocycles. The van der Waals surface area contributed by atoms with Crippen LogP contribution in [-0.2, 0) is 6.42 Å². The Labute approximate surface area is 82.4 Å². The summed E-state index contributed by atoms with van der Waals surface area (Å²) in [5.41, 5.74) is 4.85. The lowest BCUT2D eigenvalue weighted by Crippen LogP contribution is -2.03. The summed E-state index contributed by atoms with van der Waals surface area (Å²) >= 11 is 0. The Morgan fingerprint density at radius 3 is 2.43 bits per heavy atom. The highest BCUT2D eigenvalue weighted by atomic mass is 19.1. The quantitative estimate of drug-likeness (QED) is 0.768. The molecule has 1 rings (SSSR count). The van der Waals surface area contributed by atoms with Gasteiger partial charge >= 0.3 is 6.09 Å². The first kappa shape index (κ1) is 12.4. The lowest BCUT2D eigenvalue weighted by atomic mass is 10.1. The Balaban J connectivity index is 0.000000364. The molecular weight excluding hydrogens is 185 g/mol. The molecule has 78 valence electrons. The molecule has 0 radical (unpaired) electrons. The first-order valence-corrected chi connectivity index (χ1v) is 4.29. The monoisotopic (exact) mass is 199 g/mol. The van der Waals surface area contributed by atoms with Gasteiger partial charge in [0.05, 0.1) is 0 Å². The average Bonchev–Trinajstić information content (AvgIpc) is 2.08. The molecule has 1 aromatic rings. The van der Waals surface area contributed by atoms with Crippen LogP contribution in [0.15, 0.2) is 24.3 Å². The van der Waals surface area contributed by atoms with E-state index in [2.05, 4.69) is 5.73 Å². The summed E-state index contributed by atoms with van der Waals surface area (Å²) in [4.78, 5) is 8.78. The number of hydrogen-bond donors (Lipinski definition) is 2. The van der Waals surface area contributed by atoms with Crippen molar-refractivity contribution in [2.45, 2.75) is 19.8 Å². The molecule has 0 aliphatic rings. The molecule has 0 unspecified atom stereocenters. The van der Waals surface area contributed by atoms with E-state index in [-0.39, 0.29) is 5.82 Å². The van der Waals surface area contributed by atoms with Gasteiger partial charge < -0.3 is 10.8 Å². The number of primary amides is 1. The molecule has 0 aliphatic carbocycles. The second-order valence-electron chi connectivity index (χ2n) is 2.68. The summed E-state index contributed by atoms with van der Waals surface area (Å²) < 4.78 is 12.8. The zero-order valence-electron chi connectivity index (χ0n) is 8.03. The van der Waals surface area contributed by atoms with Crippen molar-refractivity contribution in [3.05, 3.63) is 35.6 Å². The van der Waals surface area contributed by atoms with Gasteiger partial charge in [-0.25, -0.2) is 9.18 Å². The Bertz CT molecular complexity index is 285. The maximum absolute atomic E-state index is 12.8. The van der Waals surface area contributed by atoms with E-state index in [4.69, 9.17) is 9.90 Å². The number of aryl methyl sites for hydroxylation is 1. The summed E-state index contributed by atoms with van der Waals surface area (Å²) in [6.45, 7) is 2.05. The number of hydrogen-bond acceptors (Lipinski definition) is 1. The van der Waals surface area contributed by atoms with E-state index in [9.17, 15) is 4.39 Å². The van der Waals surface area contributed by atoms with E-state index in [1.165, 1.54) is 6.07 Å². The smallest absolute Gasteiger partial charge is 0.402 e. The predicted octanol–water partition coefficient (Wildman–Crippen LogP) is 2.40. The highest BCUT2D eigenvalue weighted by molar-refractivity contribution is 5.61. The maximum Gasteiger partial charge on any atom is 0.402 e. The topological polar surface area (TPSA) is 63.3 Å². The van der Waals surface area contributed by atoms with Crippen LogP contribution in [0, 0.1) is 5.82 Å².